The Morgan fingerprint density at radius 1 is 1.00 bits per heavy atom. The number of hydrogen-bond donors (Lipinski definition) is 1. The molecule has 0 rings (SSSR count). The van der Waals surface area contributed by atoms with Crippen molar-refractivity contribution in [1.29, 1.82) is 0 Å². The molecule has 0 aromatic rings. The molecule has 8 heteroatoms. The van der Waals surface area contributed by atoms with Gasteiger partial charge in [-0.05, 0) is 26.8 Å². The van der Waals surface area contributed by atoms with Crippen molar-refractivity contribution in [2.45, 2.75) is 57.8 Å². The Morgan fingerprint density at radius 3 is 1.78 bits per heavy atom. The number of rotatable bonds is 6. The lowest BCUT2D eigenvalue weighted by Gasteiger charge is -2.27. The summed E-state index contributed by atoms with van der Waals surface area (Å²) in [4.78, 5) is 0. The molecule has 2 atom stereocenters. The van der Waals surface area contributed by atoms with Crippen molar-refractivity contribution in [1.82, 2.24) is 5.32 Å². The second kappa shape index (κ2) is 6.60. The molecule has 0 aliphatic rings. The third-order valence-corrected chi connectivity index (χ3v) is 2.20. The van der Waals surface area contributed by atoms with Crippen molar-refractivity contribution in [3.05, 3.63) is 0 Å². The Kier molecular flexibility index (Phi) is 6.42. The lowest BCUT2D eigenvalue weighted by atomic mass is 10.1. The Hall–Kier alpha value is -0.500. The van der Waals surface area contributed by atoms with E-state index in [1.54, 1.807) is 13.8 Å². The van der Waals surface area contributed by atoms with Crippen LogP contribution < -0.4 is 5.32 Å². The zero-order valence-corrected chi connectivity index (χ0v) is 10.3. The van der Waals surface area contributed by atoms with Crippen LogP contribution in [-0.2, 0) is 4.74 Å². The van der Waals surface area contributed by atoms with Gasteiger partial charge in [0.25, 0.3) is 0 Å². The Labute approximate surface area is 102 Å². The number of halogens is 6. The first kappa shape index (κ1) is 17.5. The van der Waals surface area contributed by atoms with E-state index < -0.39 is 24.6 Å². The van der Waals surface area contributed by atoms with Gasteiger partial charge in [-0.3, -0.25) is 0 Å². The van der Waals surface area contributed by atoms with Crippen molar-refractivity contribution < 1.29 is 31.1 Å². The summed E-state index contributed by atoms with van der Waals surface area (Å²) in [6, 6.07) is -0.216. The molecule has 110 valence electrons. The molecule has 0 bridgehead atoms. The monoisotopic (exact) mass is 281 g/mol. The normalized spacial score (nSPS) is 17.0. The Morgan fingerprint density at radius 2 is 1.44 bits per heavy atom. The number of ether oxygens (including phenoxy) is 1. The molecule has 1 N–H and O–H groups in total. The molecule has 0 saturated carbocycles. The van der Waals surface area contributed by atoms with E-state index in [1.165, 1.54) is 6.92 Å². The summed E-state index contributed by atoms with van der Waals surface area (Å²) < 4.78 is 77.3. The lowest BCUT2D eigenvalue weighted by Crippen LogP contribution is -2.46. The van der Waals surface area contributed by atoms with Gasteiger partial charge in [-0.25, -0.2) is 0 Å². The van der Waals surface area contributed by atoms with E-state index in [0.717, 1.165) is 0 Å². The summed E-state index contributed by atoms with van der Waals surface area (Å²) in [7, 11) is 0. The molecule has 18 heavy (non-hydrogen) atoms. The molecule has 0 aliphatic heterocycles. The lowest BCUT2D eigenvalue weighted by molar-refractivity contribution is -0.330. The predicted molar refractivity (Wildman–Crippen MR) is 54.2 cm³/mol. The molecule has 0 radical (unpaired) electrons. The van der Waals surface area contributed by atoms with Gasteiger partial charge in [0.2, 0.25) is 6.10 Å². The van der Waals surface area contributed by atoms with Crippen molar-refractivity contribution >= 4 is 0 Å². The molecule has 0 aliphatic carbocycles. The van der Waals surface area contributed by atoms with Gasteiger partial charge in [-0.15, -0.1) is 0 Å². The van der Waals surface area contributed by atoms with E-state index in [1.807, 2.05) is 0 Å². The fourth-order valence-corrected chi connectivity index (χ4v) is 1.56. The van der Waals surface area contributed by atoms with Crippen molar-refractivity contribution in [2.24, 2.45) is 0 Å². The fraction of sp³-hybridized carbons (Fsp3) is 1.00. The van der Waals surface area contributed by atoms with Gasteiger partial charge in [0, 0.05) is 6.04 Å². The van der Waals surface area contributed by atoms with Gasteiger partial charge in [0.15, 0.2) is 0 Å². The highest BCUT2D eigenvalue weighted by Crippen LogP contribution is 2.36. The van der Waals surface area contributed by atoms with E-state index in [0.29, 0.717) is 6.54 Å². The average Bonchev–Trinajstić information content (AvgIpc) is 2.10. The second-order valence-electron chi connectivity index (χ2n) is 4.10. The number of alkyl halides is 6. The summed E-state index contributed by atoms with van der Waals surface area (Å²) in [5.74, 6) is 0. The van der Waals surface area contributed by atoms with E-state index >= 15 is 0 Å². The van der Waals surface area contributed by atoms with Crippen molar-refractivity contribution in [3.8, 4) is 0 Å². The van der Waals surface area contributed by atoms with Crippen LogP contribution in [-0.4, -0.2) is 37.1 Å². The van der Waals surface area contributed by atoms with Crippen LogP contribution in [0, 0.1) is 0 Å². The first-order chi connectivity index (χ1) is 7.98. The molecular weight excluding hydrogens is 264 g/mol. The predicted octanol–water partition coefficient (Wildman–Crippen LogP) is 3.27. The molecule has 2 nitrogen and oxygen atoms in total. The molecule has 0 fully saturated rings. The van der Waals surface area contributed by atoms with Crippen molar-refractivity contribution in [2.75, 3.05) is 6.54 Å². The summed E-state index contributed by atoms with van der Waals surface area (Å²) in [6.07, 6.45) is -15.7. The standard InChI is InChI=1S/C10H17F6NO/c1-4-17-6(2)5-7(3)18-8(9(11,12)13)10(14,15)16/h6-8,17H,4-5H2,1-3H3. The maximum atomic E-state index is 12.2. The zero-order valence-electron chi connectivity index (χ0n) is 10.3. The SMILES string of the molecule is CCNC(C)CC(C)OC(C(F)(F)F)C(F)(F)F. The zero-order chi connectivity index (χ0) is 14.6. The van der Waals surface area contributed by atoms with Crippen LogP contribution in [0.2, 0.25) is 0 Å². The van der Waals surface area contributed by atoms with Crippen LogP contribution in [0.1, 0.15) is 27.2 Å². The summed E-state index contributed by atoms with van der Waals surface area (Å²) in [6.45, 7) is 5.23. The van der Waals surface area contributed by atoms with Gasteiger partial charge in [0.1, 0.15) is 0 Å². The third-order valence-electron chi connectivity index (χ3n) is 2.20. The molecule has 2 unspecified atom stereocenters. The summed E-state index contributed by atoms with van der Waals surface area (Å²) in [5.41, 5.74) is 0. The molecule has 0 saturated heterocycles. The van der Waals surface area contributed by atoms with Gasteiger partial charge in [-0.1, -0.05) is 6.92 Å². The molecular formula is C10H17F6NO. The molecule has 0 amide bonds. The molecule has 0 aromatic carbocycles. The number of hydrogen-bond acceptors (Lipinski definition) is 2. The minimum absolute atomic E-state index is 0.0660. The van der Waals surface area contributed by atoms with Crippen LogP contribution in [0.15, 0.2) is 0 Å². The first-order valence-corrected chi connectivity index (χ1v) is 5.50. The quantitative estimate of drug-likeness (QED) is 0.754. The van der Waals surface area contributed by atoms with Crippen LogP contribution in [0.3, 0.4) is 0 Å². The highest BCUT2D eigenvalue weighted by molar-refractivity contribution is 4.78. The second-order valence-corrected chi connectivity index (χ2v) is 4.10. The van der Waals surface area contributed by atoms with E-state index in [9.17, 15) is 26.3 Å². The van der Waals surface area contributed by atoms with Crippen molar-refractivity contribution in [3.63, 3.8) is 0 Å². The highest BCUT2D eigenvalue weighted by Gasteiger charge is 2.58. The largest absolute Gasteiger partial charge is 0.423 e. The Balaban J connectivity index is 4.51. The first-order valence-electron chi connectivity index (χ1n) is 5.50. The third kappa shape index (κ3) is 6.44. The van der Waals surface area contributed by atoms with E-state index in [-0.39, 0.29) is 12.5 Å². The summed E-state index contributed by atoms with van der Waals surface area (Å²) >= 11 is 0. The van der Waals surface area contributed by atoms with Crippen LogP contribution in [0.5, 0.6) is 0 Å². The number of nitrogens with one attached hydrogen (secondary N) is 1. The molecule has 0 aromatic heterocycles. The van der Waals surface area contributed by atoms with E-state index in [4.69, 9.17) is 0 Å². The average molecular weight is 281 g/mol. The van der Waals surface area contributed by atoms with Gasteiger partial charge in [0.05, 0.1) is 6.10 Å². The van der Waals surface area contributed by atoms with Crippen LogP contribution >= 0.6 is 0 Å². The minimum atomic E-state index is -5.45. The summed E-state index contributed by atoms with van der Waals surface area (Å²) in [5, 5.41) is 2.88. The van der Waals surface area contributed by atoms with Gasteiger partial charge >= 0.3 is 12.4 Å². The maximum absolute atomic E-state index is 12.2. The van der Waals surface area contributed by atoms with Crippen LogP contribution in [0.4, 0.5) is 26.3 Å². The smallest absolute Gasteiger partial charge is 0.358 e. The topological polar surface area (TPSA) is 21.3 Å². The van der Waals surface area contributed by atoms with Crippen LogP contribution in [0.25, 0.3) is 0 Å². The van der Waals surface area contributed by atoms with Gasteiger partial charge < -0.3 is 10.1 Å². The molecule has 0 spiro atoms. The molecule has 0 heterocycles. The Bertz CT molecular complexity index is 226. The highest BCUT2D eigenvalue weighted by atomic mass is 19.4. The van der Waals surface area contributed by atoms with Gasteiger partial charge in [-0.2, -0.15) is 26.3 Å². The minimum Gasteiger partial charge on any atom is -0.358 e. The van der Waals surface area contributed by atoms with E-state index in [2.05, 4.69) is 10.1 Å². The maximum Gasteiger partial charge on any atom is 0.423 e. The fourth-order valence-electron chi connectivity index (χ4n) is 1.56.